The Hall–Kier alpha value is -0.120. The predicted molar refractivity (Wildman–Crippen MR) is 54.9 cm³/mol. The largest absolute Gasteiger partial charge is 0.395 e. The summed E-state index contributed by atoms with van der Waals surface area (Å²) in [7, 11) is 4.21. The molecule has 0 spiro atoms. The van der Waals surface area contributed by atoms with E-state index in [2.05, 4.69) is 23.9 Å². The van der Waals surface area contributed by atoms with Crippen molar-refractivity contribution in [1.82, 2.24) is 9.80 Å². The molecule has 0 radical (unpaired) electrons. The molecule has 1 fully saturated rings. The molecule has 1 N–H and O–H groups in total. The maximum atomic E-state index is 9.09. The summed E-state index contributed by atoms with van der Waals surface area (Å²) in [6, 6.07) is 0.446. The molecule has 1 atom stereocenters. The van der Waals surface area contributed by atoms with E-state index < -0.39 is 0 Å². The molecule has 3 nitrogen and oxygen atoms in total. The van der Waals surface area contributed by atoms with E-state index in [9.17, 15) is 0 Å². The minimum Gasteiger partial charge on any atom is -0.395 e. The number of rotatable bonds is 5. The van der Waals surface area contributed by atoms with Crippen LogP contribution in [0.1, 0.15) is 19.3 Å². The molecule has 1 saturated heterocycles. The first-order chi connectivity index (χ1) is 6.24. The normalized spacial score (nSPS) is 24.5. The Morgan fingerprint density at radius 1 is 1.46 bits per heavy atom. The van der Waals surface area contributed by atoms with Crippen LogP contribution in [0.25, 0.3) is 0 Å². The van der Waals surface area contributed by atoms with Gasteiger partial charge in [-0.1, -0.05) is 0 Å². The van der Waals surface area contributed by atoms with Crippen LogP contribution in [0.4, 0.5) is 0 Å². The standard InChI is InChI=1S/C10H22N2O/c1-11(2)6-4-8-12-7-3-5-10(12)9-13/h10,13H,3-9H2,1-2H3. The molecule has 1 aliphatic rings. The Morgan fingerprint density at radius 2 is 2.23 bits per heavy atom. The van der Waals surface area contributed by atoms with Gasteiger partial charge in [0.1, 0.15) is 0 Å². The fourth-order valence-corrected chi connectivity index (χ4v) is 1.99. The minimum absolute atomic E-state index is 0.335. The van der Waals surface area contributed by atoms with Gasteiger partial charge in [-0.25, -0.2) is 0 Å². The summed E-state index contributed by atoms with van der Waals surface area (Å²) in [4.78, 5) is 4.63. The Kier molecular flexibility index (Phi) is 4.70. The fraction of sp³-hybridized carbons (Fsp3) is 1.00. The molecule has 78 valence electrons. The van der Waals surface area contributed by atoms with Crippen molar-refractivity contribution < 1.29 is 5.11 Å². The third kappa shape index (κ3) is 3.63. The van der Waals surface area contributed by atoms with Crippen LogP contribution in [-0.4, -0.2) is 61.3 Å². The lowest BCUT2D eigenvalue weighted by Crippen LogP contribution is -2.34. The first kappa shape index (κ1) is 11.0. The lowest BCUT2D eigenvalue weighted by Gasteiger charge is -2.23. The van der Waals surface area contributed by atoms with Crippen molar-refractivity contribution in [3.63, 3.8) is 0 Å². The van der Waals surface area contributed by atoms with Crippen molar-refractivity contribution in [2.45, 2.75) is 25.3 Å². The zero-order chi connectivity index (χ0) is 9.68. The van der Waals surface area contributed by atoms with Crippen LogP contribution in [0.15, 0.2) is 0 Å². The van der Waals surface area contributed by atoms with Gasteiger partial charge in [-0.15, -0.1) is 0 Å². The summed E-state index contributed by atoms with van der Waals surface area (Å²) in [5.41, 5.74) is 0. The smallest absolute Gasteiger partial charge is 0.0586 e. The van der Waals surface area contributed by atoms with Gasteiger partial charge < -0.3 is 10.0 Å². The predicted octanol–water partition coefficient (Wildman–Crippen LogP) is 0.395. The third-order valence-corrected chi connectivity index (χ3v) is 2.76. The van der Waals surface area contributed by atoms with Crippen molar-refractivity contribution in [2.75, 3.05) is 40.3 Å². The summed E-state index contributed by atoms with van der Waals surface area (Å²) in [5.74, 6) is 0. The van der Waals surface area contributed by atoms with E-state index in [1.165, 1.54) is 25.8 Å². The van der Waals surface area contributed by atoms with Crippen molar-refractivity contribution >= 4 is 0 Å². The number of hydrogen-bond acceptors (Lipinski definition) is 3. The molecule has 13 heavy (non-hydrogen) atoms. The van der Waals surface area contributed by atoms with Gasteiger partial charge in [0, 0.05) is 6.04 Å². The van der Waals surface area contributed by atoms with Crippen LogP contribution < -0.4 is 0 Å². The maximum absolute atomic E-state index is 9.09. The Bertz CT molecular complexity index is 139. The third-order valence-electron chi connectivity index (χ3n) is 2.76. The van der Waals surface area contributed by atoms with Gasteiger partial charge in [0.15, 0.2) is 0 Å². The lowest BCUT2D eigenvalue weighted by atomic mass is 10.2. The first-order valence-corrected chi connectivity index (χ1v) is 5.23. The second-order valence-electron chi connectivity index (χ2n) is 4.17. The number of nitrogens with zero attached hydrogens (tertiary/aromatic N) is 2. The van der Waals surface area contributed by atoms with Gasteiger partial charge in [-0.2, -0.15) is 0 Å². The number of hydrogen-bond donors (Lipinski definition) is 1. The molecule has 0 aromatic rings. The Labute approximate surface area is 81.3 Å². The maximum Gasteiger partial charge on any atom is 0.0586 e. The summed E-state index contributed by atoms with van der Waals surface area (Å²) >= 11 is 0. The second kappa shape index (κ2) is 5.58. The van der Waals surface area contributed by atoms with E-state index in [1.54, 1.807) is 0 Å². The van der Waals surface area contributed by atoms with E-state index in [0.29, 0.717) is 12.6 Å². The van der Waals surface area contributed by atoms with E-state index >= 15 is 0 Å². The minimum atomic E-state index is 0.335. The SMILES string of the molecule is CN(C)CCCN1CCCC1CO. The highest BCUT2D eigenvalue weighted by Gasteiger charge is 2.22. The van der Waals surface area contributed by atoms with E-state index in [0.717, 1.165) is 13.1 Å². The Morgan fingerprint density at radius 3 is 2.85 bits per heavy atom. The van der Waals surface area contributed by atoms with Gasteiger partial charge in [-0.3, -0.25) is 4.90 Å². The molecule has 0 bridgehead atoms. The van der Waals surface area contributed by atoms with Gasteiger partial charge in [0.05, 0.1) is 6.61 Å². The van der Waals surface area contributed by atoms with Gasteiger partial charge in [-0.05, 0) is 53.0 Å². The van der Waals surface area contributed by atoms with Gasteiger partial charge in [0.2, 0.25) is 0 Å². The topological polar surface area (TPSA) is 26.7 Å². The Balaban J connectivity index is 2.13. The highest BCUT2D eigenvalue weighted by Crippen LogP contribution is 2.16. The van der Waals surface area contributed by atoms with E-state index in [4.69, 9.17) is 5.11 Å². The van der Waals surface area contributed by atoms with Crippen LogP contribution in [0.3, 0.4) is 0 Å². The van der Waals surface area contributed by atoms with Crippen LogP contribution >= 0.6 is 0 Å². The number of aliphatic hydroxyl groups is 1. The molecular weight excluding hydrogens is 164 g/mol. The molecule has 1 heterocycles. The average Bonchev–Trinajstić information content (AvgIpc) is 2.51. The quantitative estimate of drug-likeness (QED) is 0.673. The molecule has 1 aliphatic heterocycles. The summed E-state index contributed by atoms with van der Waals surface area (Å²) in [5, 5.41) is 9.09. The zero-order valence-electron chi connectivity index (χ0n) is 8.87. The van der Waals surface area contributed by atoms with Crippen molar-refractivity contribution in [2.24, 2.45) is 0 Å². The van der Waals surface area contributed by atoms with Crippen LogP contribution in [0, 0.1) is 0 Å². The van der Waals surface area contributed by atoms with Crippen molar-refractivity contribution in [3.8, 4) is 0 Å². The molecular formula is C10H22N2O. The molecule has 3 heteroatoms. The van der Waals surface area contributed by atoms with Gasteiger partial charge >= 0.3 is 0 Å². The first-order valence-electron chi connectivity index (χ1n) is 5.23. The molecule has 1 rings (SSSR count). The van der Waals surface area contributed by atoms with Crippen LogP contribution in [0.5, 0.6) is 0 Å². The molecule has 0 aromatic carbocycles. The summed E-state index contributed by atoms with van der Waals surface area (Å²) in [6.45, 7) is 3.80. The molecule has 0 saturated carbocycles. The van der Waals surface area contributed by atoms with E-state index in [1.807, 2.05) is 0 Å². The highest BCUT2D eigenvalue weighted by molar-refractivity contribution is 4.78. The molecule has 0 amide bonds. The zero-order valence-corrected chi connectivity index (χ0v) is 8.87. The average molecular weight is 186 g/mol. The van der Waals surface area contributed by atoms with Crippen LogP contribution in [0.2, 0.25) is 0 Å². The molecule has 0 aromatic heterocycles. The lowest BCUT2D eigenvalue weighted by molar-refractivity contribution is 0.154. The number of likely N-dealkylation sites (tertiary alicyclic amines) is 1. The second-order valence-corrected chi connectivity index (χ2v) is 4.17. The van der Waals surface area contributed by atoms with Crippen molar-refractivity contribution in [1.29, 1.82) is 0 Å². The highest BCUT2D eigenvalue weighted by atomic mass is 16.3. The van der Waals surface area contributed by atoms with E-state index in [-0.39, 0.29) is 0 Å². The molecule has 0 aliphatic carbocycles. The monoisotopic (exact) mass is 186 g/mol. The van der Waals surface area contributed by atoms with Crippen molar-refractivity contribution in [3.05, 3.63) is 0 Å². The fourth-order valence-electron chi connectivity index (χ4n) is 1.99. The van der Waals surface area contributed by atoms with Gasteiger partial charge in [0.25, 0.3) is 0 Å². The number of aliphatic hydroxyl groups excluding tert-OH is 1. The summed E-state index contributed by atoms with van der Waals surface area (Å²) < 4.78 is 0. The molecule has 1 unspecified atom stereocenters. The summed E-state index contributed by atoms with van der Waals surface area (Å²) in [6.07, 6.45) is 3.65. The van der Waals surface area contributed by atoms with Crippen LogP contribution in [-0.2, 0) is 0 Å².